The molecular weight excluding hydrogens is 376 g/mol. The highest BCUT2D eigenvalue weighted by atomic mass is 35.5. The van der Waals surface area contributed by atoms with Crippen molar-refractivity contribution in [1.29, 1.82) is 5.26 Å². The molecule has 142 valence electrons. The van der Waals surface area contributed by atoms with Crippen LogP contribution in [0.15, 0.2) is 47.3 Å². The average molecular weight is 395 g/mol. The Kier molecular flexibility index (Phi) is 5.72. The minimum absolute atomic E-state index is 0.0733. The van der Waals surface area contributed by atoms with E-state index in [0.717, 1.165) is 16.7 Å². The van der Waals surface area contributed by atoms with E-state index in [2.05, 4.69) is 4.98 Å². The summed E-state index contributed by atoms with van der Waals surface area (Å²) in [5, 5.41) is 9.93. The van der Waals surface area contributed by atoms with Gasteiger partial charge >= 0.3 is 0 Å². The van der Waals surface area contributed by atoms with E-state index >= 15 is 0 Å². The third-order valence-corrected chi connectivity index (χ3v) is 4.64. The first kappa shape index (κ1) is 19.5. The molecule has 0 aliphatic heterocycles. The number of methoxy groups -OCH3 is 1. The lowest BCUT2D eigenvalue weighted by molar-refractivity contribution is 0.297. The van der Waals surface area contributed by atoms with E-state index < -0.39 is 5.56 Å². The summed E-state index contributed by atoms with van der Waals surface area (Å²) in [5.41, 5.74) is 3.48. The second kappa shape index (κ2) is 8.20. The van der Waals surface area contributed by atoms with Crippen molar-refractivity contribution in [3.05, 3.63) is 80.2 Å². The number of H-pyrrole nitrogens is 1. The molecule has 0 aliphatic rings. The van der Waals surface area contributed by atoms with Crippen LogP contribution in [0.2, 0.25) is 5.02 Å². The summed E-state index contributed by atoms with van der Waals surface area (Å²) in [6, 6.07) is 14.8. The Bertz CT molecular complexity index is 1130. The summed E-state index contributed by atoms with van der Waals surface area (Å²) in [7, 11) is 1.58. The SMILES string of the molecule is COc1ccc(-c2cc(C)[nH]c(=O)c2C#N)cc1COc1ccc(C)cc1Cl. The first-order chi connectivity index (χ1) is 13.4. The van der Waals surface area contributed by atoms with E-state index in [1.807, 2.05) is 43.3 Å². The molecule has 0 atom stereocenters. The largest absolute Gasteiger partial charge is 0.496 e. The number of ether oxygens (including phenoxy) is 2. The summed E-state index contributed by atoms with van der Waals surface area (Å²) >= 11 is 6.24. The maximum Gasteiger partial charge on any atom is 0.266 e. The number of aromatic amines is 1. The van der Waals surface area contributed by atoms with Gasteiger partial charge in [-0.25, -0.2) is 0 Å². The smallest absolute Gasteiger partial charge is 0.266 e. The fourth-order valence-corrected chi connectivity index (χ4v) is 3.25. The van der Waals surface area contributed by atoms with Crippen molar-refractivity contribution in [3.8, 4) is 28.7 Å². The second-order valence-electron chi connectivity index (χ2n) is 6.43. The van der Waals surface area contributed by atoms with Gasteiger partial charge in [0.25, 0.3) is 5.56 Å². The van der Waals surface area contributed by atoms with E-state index in [0.29, 0.717) is 27.8 Å². The summed E-state index contributed by atoms with van der Waals surface area (Å²) in [6.45, 7) is 3.96. The highest BCUT2D eigenvalue weighted by molar-refractivity contribution is 6.32. The van der Waals surface area contributed by atoms with Crippen molar-refractivity contribution < 1.29 is 9.47 Å². The zero-order valence-corrected chi connectivity index (χ0v) is 16.6. The molecule has 1 heterocycles. The molecule has 0 bridgehead atoms. The summed E-state index contributed by atoms with van der Waals surface area (Å²) in [4.78, 5) is 14.8. The van der Waals surface area contributed by atoms with E-state index in [-0.39, 0.29) is 12.2 Å². The molecular formula is C22H19ClN2O3. The number of nitrogens with one attached hydrogen (secondary N) is 1. The van der Waals surface area contributed by atoms with Crippen molar-refractivity contribution in [3.63, 3.8) is 0 Å². The summed E-state index contributed by atoms with van der Waals surface area (Å²) in [5.74, 6) is 1.22. The fraction of sp³-hybridized carbons (Fsp3) is 0.182. The van der Waals surface area contributed by atoms with Crippen LogP contribution < -0.4 is 15.0 Å². The van der Waals surface area contributed by atoms with Gasteiger partial charge in [0.05, 0.1) is 12.1 Å². The Morgan fingerprint density at radius 3 is 2.54 bits per heavy atom. The minimum atomic E-state index is -0.405. The Morgan fingerprint density at radius 1 is 1.11 bits per heavy atom. The third kappa shape index (κ3) is 4.03. The van der Waals surface area contributed by atoms with Crippen molar-refractivity contribution >= 4 is 11.6 Å². The molecule has 1 aromatic heterocycles. The number of aryl methyl sites for hydroxylation is 2. The number of halogens is 1. The maximum atomic E-state index is 12.1. The molecule has 0 spiro atoms. The molecule has 0 fully saturated rings. The molecule has 0 aliphatic carbocycles. The van der Waals surface area contributed by atoms with Crippen LogP contribution in [0.5, 0.6) is 11.5 Å². The quantitative estimate of drug-likeness (QED) is 0.676. The average Bonchev–Trinajstić information content (AvgIpc) is 2.66. The molecule has 5 nitrogen and oxygen atoms in total. The van der Waals surface area contributed by atoms with Crippen molar-refractivity contribution in [2.45, 2.75) is 20.5 Å². The third-order valence-electron chi connectivity index (χ3n) is 4.34. The van der Waals surface area contributed by atoms with Crippen LogP contribution in [-0.4, -0.2) is 12.1 Å². The molecule has 1 N–H and O–H groups in total. The van der Waals surface area contributed by atoms with Gasteiger partial charge in [-0.3, -0.25) is 4.79 Å². The second-order valence-corrected chi connectivity index (χ2v) is 6.84. The lowest BCUT2D eigenvalue weighted by Gasteiger charge is -2.14. The molecule has 0 amide bonds. The van der Waals surface area contributed by atoms with E-state index in [9.17, 15) is 10.1 Å². The van der Waals surface area contributed by atoms with Gasteiger partial charge in [-0.1, -0.05) is 23.7 Å². The van der Waals surface area contributed by atoms with Gasteiger partial charge in [0.2, 0.25) is 0 Å². The zero-order valence-electron chi connectivity index (χ0n) is 15.8. The molecule has 3 aromatic rings. The van der Waals surface area contributed by atoms with Gasteiger partial charge in [0.1, 0.15) is 29.7 Å². The van der Waals surface area contributed by atoms with Crippen molar-refractivity contribution in [1.82, 2.24) is 4.98 Å². The van der Waals surface area contributed by atoms with E-state index in [1.54, 1.807) is 26.2 Å². The molecule has 0 unspecified atom stereocenters. The van der Waals surface area contributed by atoms with Gasteiger partial charge in [-0.05, 0) is 55.3 Å². The van der Waals surface area contributed by atoms with Gasteiger partial charge in [0, 0.05) is 16.8 Å². The minimum Gasteiger partial charge on any atom is -0.496 e. The number of nitriles is 1. The molecule has 0 saturated carbocycles. The molecule has 2 aromatic carbocycles. The first-order valence-corrected chi connectivity index (χ1v) is 9.01. The molecule has 0 saturated heterocycles. The predicted octanol–water partition coefficient (Wildman–Crippen LogP) is 4.77. The molecule has 28 heavy (non-hydrogen) atoms. The van der Waals surface area contributed by atoms with E-state index in [4.69, 9.17) is 21.1 Å². The number of hydrogen-bond acceptors (Lipinski definition) is 4. The number of benzene rings is 2. The lowest BCUT2D eigenvalue weighted by atomic mass is 9.99. The summed E-state index contributed by atoms with van der Waals surface area (Å²) in [6.07, 6.45) is 0. The Labute approximate surface area is 168 Å². The van der Waals surface area contributed by atoms with Crippen LogP contribution in [0.3, 0.4) is 0 Å². The van der Waals surface area contributed by atoms with Gasteiger partial charge in [-0.2, -0.15) is 5.26 Å². The van der Waals surface area contributed by atoms with Crippen molar-refractivity contribution in [2.75, 3.05) is 7.11 Å². The Balaban J connectivity index is 2.00. The maximum absolute atomic E-state index is 12.1. The number of pyridine rings is 1. The number of hydrogen-bond donors (Lipinski definition) is 1. The Hall–Kier alpha value is -3.23. The molecule has 6 heteroatoms. The molecule has 0 radical (unpaired) electrons. The monoisotopic (exact) mass is 394 g/mol. The van der Waals surface area contributed by atoms with E-state index in [1.165, 1.54) is 0 Å². The fourth-order valence-electron chi connectivity index (χ4n) is 2.96. The van der Waals surface area contributed by atoms with Crippen LogP contribution in [-0.2, 0) is 6.61 Å². The van der Waals surface area contributed by atoms with Crippen LogP contribution in [0.1, 0.15) is 22.4 Å². The summed E-state index contributed by atoms with van der Waals surface area (Å²) < 4.78 is 11.3. The Morgan fingerprint density at radius 2 is 1.86 bits per heavy atom. The highest BCUT2D eigenvalue weighted by Gasteiger charge is 2.13. The topological polar surface area (TPSA) is 75.1 Å². The zero-order chi connectivity index (χ0) is 20.3. The highest BCUT2D eigenvalue weighted by Crippen LogP contribution is 2.31. The van der Waals surface area contributed by atoms with Crippen LogP contribution in [0, 0.1) is 25.2 Å². The standard InChI is InChI=1S/C22H19ClN2O3/c1-13-4-6-21(19(23)8-13)28-12-16-10-15(5-7-20(16)27-3)17-9-14(2)25-22(26)18(17)11-24/h4-10H,12H2,1-3H3,(H,25,26). The van der Waals surface area contributed by atoms with Crippen LogP contribution >= 0.6 is 11.6 Å². The normalized spacial score (nSPS) is 10.4. The van der Waals surface area contributed by atoms with Gasteiger partial charge in [-0.15, -0.1) is 0 Å². The number of aromatic nitrogens is 1. The van der Waals surface area contributed by atoms with Crippen molar-refractivity contribution in [2.24, 2.45) is 0 Å². The van der Waals surface area contributed by atoms with Gasteiger partial charge in [0.15, 0.2) is 0 Å². The van der Waals surface area contributed by atoms with Gasteiger partial charge < -0.3 is 14.5 Å². The first-order valence-electron chi connectivity index (χ1n) is 8.63. The van der Waals surface area contributed by atoms with Crippen LogP contribution in [0.25, 0.3) is 11.1 Å². The number of nitrogens with zero attached hydrogens (tertiary/aromatic N) is 1. The van der Waals surface area contributed by atoms with Crippen LogP contribution in [0.4, 0.5) is 0 Å². The molecule has 3 rings (SSSR count). The number of rotatable bonds is 5. The predicted molar refractivity (Wildman–Crippen MR) is 109 cm³/mol. The lowest BCUT2D eigenvalue weighted by Crippen LogP contribution is -2.12.